The number of fused-ring (bicyclic) bond motifs is 1. The summed E-state index contributed by atoms with van der Waals surface area (Å²) >= 11 is 0. The first-order valence-electron chi connectivity index (χ1n) is 10.2. The minimum absolute atomic E-state index is 0.0179. The first kappa shape index (κ1) is 19.6. The van der Waals surface area contributed by atoms with Gasteiger partial charge >= 0.3 is 12.1 Å². The van der Waals surface area contributed by atoms with E-state index < -0.39 is 12.3 Å². The van der Waals surface area contributed by atoms with Gasteiger partial charge in [0.05, 0.1) is 17.6 Å². The number of rotatable bonds is 5. The van der Waals surface area contributed by atoms with Crippen LogP contribution in [0.2, 0.25) is 0 Å². The summed E-state index contributed by atoms with van der Waals surface area (Å²) in [7, 11) is 0. The summed E-state index contributed by atoms with van der Waals surface area (Å²) in [4.78, 5) is 13.3. The number of hydrogen-bond acceptors (Lipinski definition) is 5. The number of para-hydroxylation sites is 2. The van der Waals surface area contributed by atoms with Gasteiger partial charge in [0, 0.05) is 11.6 Å². The minimum Gasteiger partial charge on any atom is -0.415 e. The Labute approximate surface area is 176 Å². The standard InChI is InChI=1S/C22H21F2N5O2/c23-19(24)21-27-26-20(31-21)15-7-5-14(6-8-15)13-28-17-3-1-2-4-18(17)29(22(28)30)16-9-11-25-12-10-16/h1-8,16,19,25H,9-13H2. The Balaban J connectivity index is 1.46. The van der Waals surface area contributed by atoms with Gasteiger partial charge in [0.2, 0.25) is 5.89 Å². The molecule has 0 saturated carbocycles. The molecule has 0 spiro atoms. The largest absolute Gasteiger partial charge is 0.415 e. The van der Waals surface area contributed by atoms with Gasteiger partial charge in [-0.05, 0) is 55.8 Å². The Morgan fingerprint density at radius 3 is 2.42 bits per heavy atom. The van der Waals surface area contributed by atoms with Crippen LogP contribution in [0.15, 0.2) is 57.7 Å². The van der Waals surface area contributed by atoms with Crippen LogP contribution in [-0.2, 0) is 6.54 Å². The molecule has 1 aliphatic heterocycles. The van der Waals surface area contributed by atoms with E-state index in [9.17, 15) is 13.6 Å². The maximum Gasteiger partial charge on any atom is 0.329 e. The lowest BCUT2D eigenvalue weighted by Crippen LogP contribution is -2.35. The smallest absolute Gasteiger partial charge is 0.329 e. The van der Waals surface area contributed by atoms with Crippen molar-refractivity contribution in [1.29, 1.82) is 0 Å². The molecule has 2 aromatic heterocycles. The fourth-order valence-electron chi connectivity index (χ4n) is 4.18. The Kier molecular flexibility index (Phi) is 5.11. The minimum atomic E-state index is -2.80. The fourth-order valence-corrected chi connectivity index (χ4v) is 4.18. The molecule has 0 amide bonds. The molecule has 1 fully saturated rings. The number of benzene rings is 2. The van der Waals surface area contributed by atoms with E-state index in [4.69, 9.17) is 4.42 Å². The molecule has 9 heteroatoms. The number of aromatic nitrogens is 4. The Hall–Kier alpha value is -3.33. The number of nitrogens with zero attached hydrogens (tertiary/aromatic N) is 4. The number of nitrogens with one attached hydrogen (secondary N) is 1. The Bertz CT molecular complexity index is 1250. The van der Waals surface area contributed by atoms with E-state index in [0.717, 1.165) is 42.5 Å². The van der Waals surface area contributed by atoms with Crippen molar-refractivity contribution in [1.82, 2.24) is 24.6 Å². The summed E-state index contributed by atoms with van der Waals surface area (Å²) in [6.45, 7) is 2.21. The number of halogens is 2. The van der Waals surface area contributed by atoms with Crippen LogP contribution < -0.4 is 11.0 Å². The zero-order valence-electron chi connectivity index (χ0n) is 16.7. The van der Waals surface area contributed by atoms with Gasteiger partial charge in [-0.1, -0.05) is 24.3 Å². The molecular weight excluding hydrogens is 404 g/mol. The predicted molar refractivity (Wildman–Crippen MR) is 111 cm³/mol. The Morgan fingerprint density at radius 2 is 1.74 bits per heavy atom. The molecule has 7 nitrogen and oxygen atoms in total. The van der Waals surface area contributed by atoms with Crippen molar-refractivity contribution in [3.05, 3.63) is 70.5 Å². The number of piperidine rings is 1. The zero-order chi connectivity index (χ0) is 21.4. The maximum atomic E-state index is 13.3. The second-order valence-corrected chi connectivity index (χ2v) is 7.65. The van der Waals surface area contributed by atoms with Crippen LogP contribution in [0.3, 0.4) is 0 Å². The average Bonchev–Trinajstić information content (AvgIpc) is 3.39. The zero-order valence-corrected chi connectivity index (χ0v) is 16.7. The van der Waals surface area contributed by atoms with Gasteiger partial charge in [0.1, 0.15) is 0 Å². The SMILES string of the molecule is O=c1n(Cc2ccc(-c3nnc(C(F)F)o3)cc2)c2ccccc2n1C1CCNCC1. The molecule has 3 heterocycles. The number of imidazole rings is 1. The summed E-state index contributed by atoms with van der Waals surface area (Å²) in [5.41, 5.74) is 3.28. The maximum absolute atomic E-state index is 13.3. The third-order valence-electron chi connectivity index (χ3n) is 5.71. The van der Waals surface area contributed by atoms with Gasteiger partial charge in [0.15, 0.2) is 0 Å². The lowest BCUT2D eigenvalue weighted by Gasteiger charge is -2.23. The molecule has 5 rings (SSSR count). The second-order valence-electron chi connectivity index (χ2n) is 7.65. The summed E-state index contributed by atoms with van der Waals surface area (Å²) in [5, 5.41) is 10.4. The van der Waals surface area contributed by atoms with Crippen molar-refractivity contribution < 1.29 is 13.2 Å². The third-order valence-corrected chi connectivity index (χ3v) is 5.71. The molecule has 0 aliphatic carbocycles. The fraction of sp³-hybridized carbons (Fsp3) is 0.318. The molecule has 0 bridgehead atoms. The molecule has 0 atom stereocenters. The highest BCUT2D eigenvalue weighted by atomic mass is 19.3. The highest BCUT2D eigenvalue weighted by Gasteiger charge is 2.22. The van der Waals surface area contributed by atoms with Crippen molar-refractivity contribution in [3.8, 4) is 11.5 Å². The lowest BCUT2D eigenvalue weighted by molar-refractivity contribution is 0.116. The molecule has 1 N–H and O–H groups in total. The van der Waals surface area contributed by atoms with E-state index in [-0.39, 0.29) is 17.6 Å². The number of alkyl halides is 2. The van der Waals surface area contributed by atoms with E-state index in [2.05, 4.69) is 15.5 Å². The van der Waals surface area contributed by atoms with Gasteiger partial charge in [-0.15, -0.1) is 10.2 Å². The molecule has 4 aromatic rings. The summed E-state index contributed by atoms with van der Waals surface area (Å²) in [6, 6.07) is 15.2. The van der Waals surface area contributed by atoms with Crippen molar-refractivity contribution in [2.75, 3.05) is 13.1 Å². The molecule has 0 unspecified atom stereocenters. The number of hydrogen-bond donors (Lipinski definition) is 1. The van der Waals surface area contributed by atoms with E-state index in [1.165, 1.54) is 0 Å². The van der Waals surface area contributed by atoms with Gasteiger partial charge in [-0.3, -0.25) is 9.13 Å². The normalized spacial score (nSPS) is 15.2. The van der Waals surface area contributed by atoms with Crippen LogP contribution in [0.1, 0.15) is 36.8 Å². The predicted octanol–water partition coefficient (Wildman–Crippen LogP) is 3.76. The summed E-state index contributed by atoms with van der Waals surface area (Å²) in [6.07, 6.45) is -0.953. The van der Waals surface area contributed by atoms with Crippen molar-refractivity contribution in [2.24, 2.45) is 0 Å². The third kappa shape index (κ3) is 3.65. The lowest BCUT2D eigenvalue weighted by atomic mass is 10.1. The molecule has 1 saturated heterocycles. The molecule has 2 aromatic carbocycles. The van der Waals surface area contributed by atoms with Crippen LogP contribution in [0.4, 0.5) is 8.78 Å². The first-order valence-corrected chi connectivity index (χ1v) is 10.2. The van der Waals surface area contributed by atoms with Crippen LogP contribution in [0, 0.1) is 0 Å². The van der Waals surface area contributed by atoms with Gasteiger partial charge < -0.3 is 9.73 Å². The monoisotopic (exact) mass is 425 g/mol. The van der Waals surface area contributed by atoms with Crippen LogP contribution >= 0.6 is 0 Å². The van der Waals surface area contributed by atoms with E-state index in [1.807, 2.05) is 41.0 Å². The highest BCUT2D eigenvalue weighted by molar-refractivity contribution is 5.76. The second kappa shape index (κ2) is 8.07. The highest BCUT2D eigenvalue weighted by Crippen LogP contribution is 2.25. The van der Waals surface area contributed by atoms with Crippen LogP contribution in [-0.4, -0.2) is 32.4 Å². The first-order chi connectivity index (χ1) is 15.1. The topological polar surface area (TPSA) is 77.9 Å². The molecule has 31 heavy (non-hydrogen) atoms. The van der Waals surface area contributed by atoms with E-state index in [0.29, 0.717) is 12.1 Å². The van der Waals surface area contributed by atoms with Crippen molar-refractivity contribution in [2.45, 2.75) is 31.9 Å². The van der Waals surface area contributed by atoms with E-state index in [1.54, 1.807) is 16.7 Å². The van der Waals surface area contributed by atoms with Crippen LogP contribution in [0.25, 0.3) is 22.5 Å². The molecular formula is C22H21F2N5O2. The van der Waals surface area contributed by atoms with Crippen molar-refractivity contribution in [3.63, 3.8) is 0 Å². The van der Waals surface area contributed by atoms with Crippen molar-refractivity contribution >= 4 is 11.0 Å². The molecule has 160 valence electrons. The van der Waals surface area contributed by atoms with E-state index >= 15 is 0 Å². The van der Waals surface area contributed by atoms with Gasteiger partial charge in [-0.2, -0.15) is 8.78 Å². The summed E-state index contributed by atoms with van der Waals surface area (Å²) < 4.78 is 34.1. The summed E-state index contributed by atoms with van der Waals surface area (Å²) in [5.74, 6) is -0.655. The average molecular weight is 425 g/mol. The van der Waals surface area contributed by atoms with Gasteiger partial charge in [-0.25, -0.2) is 4.79 Å². The van der Waals surface area contributed by atoms with Gasteiger partial charge in [0.25, 0.3) is 5.89 Å². The molecule has 1 aliphatic rings. The van der Waals surface area contributed by atoms with Crippen LogP contribution in [0.5, 0.6) is 0 Å². The molecule has 0 radical (unpaired) electrons. The Morgan fingerprint density at radius 1 is 1.03 bits per heavy atom. The quantitative estimate of drug-likeness (QED) is 0.527.